The Kier molecular flexibility index (Phi) is 3.83. The summed E-state index contributed by atoms with van der Waals surface area (Å²) in [6, 6.07) is 8.25. The summed E-state index contributed by atoms with van der Waals surface area (Å²) in [4.78, 5) is 0. The van der Waals surface area contributed by atoms with Crippen molar-refractivity contribution in [2.45, 2.75) is 26.3 Å². The van der Waals surface area contributed by atoms with E-state index in [1.54, 1.807) is 7.11 Å². The molecule has 2 heteroatoms. The zero-order valence-corrected chi connectivity index (χ0v) is 10.2. The van der Waals surface area contributed by atoms with Gasteiger partial charge in [0.1, 0.15) is 5.75 Å². The van der Waals surface area contributed by atoms with Crippen molar-refractivity contribution in [2.24, 2.45) is 11.8 Å². The summed E-state index contributed by atoms with van der Waals surface area (Å²) in [5, 5.41) is 3.52. The van der Waals surface area contributed by atoms with Crippen LogP contribution in [0.15, 0.2) is 24.3 Å². The average Bonchev–Trinajstić information content (AvgIpc) is 3.13. The first kappa shape index (κ1) is 11.5. The molecule has 1 atom stereocenters. The van der Waals surface area contributed by atoms with Crippen LogP contribution >= 0.6 is 0 Å². The molecule has 1 N–H and O–H groups in total. The third kappa shape index (κ3) is 3.24. The summed E-state index contributed by atoms with van der Waals surface area (Å²) < 4.78 is 5.20. The van der Waals surface area contributed by atoms with Gasteiger partial charge in [0, 0.05) is 6.54 Å². The highest BCUT2D eigenvalue weighted by Gasteiger charge is 2.27. The van der Waals surface area contributed by atoms with Gasteiger partial charge in [-0.25, -0.2) is 0 Å². The van der Waals surface area contributed by atoms with Gasteiger partial charge in [0.15, 0.2) is 0 Å². The Labute approximate surface area is 98.0 Å². The zero-order chi connectivity index (χ0) is 11.4. The van der Waals surface area contributed by atoms with E-state index in [1.165, 1.54) is 18.4 Å². The highest BCUT2D eigenvalue weighted by Crippen LogP contribution is 2.36. The van der Waals surface area contributed by atoms with Gasteiger partial charge in [0.05, 0.1) is 7.11 Å². The highest BCUT2D eigenvalue weighted by atomic mass is 16.5. The van der Waals surface area contributed by atoms with Gasteiger partial charge in [0.25, 0.3) is 0 Å². The normalized spacial score (nSPS) is 17.1. The molecule has 0 saturated heterocycles. The minimum absolute atomic E-state index is 0.825. The van der Waals surface area contributed by atoms with Crippen molar-refractivity contribution >= 4 is 0 Å². The van der Waals surface area contributed by atoms with Gasteiger partial charge in [-0.05, 0) is 48.9 Å². The predicted octanol–water partition coefficient (Wildman–Crippen LogP) is 2.83. The lowest BCUT2D eigenvalue weighted by Gasteiger charge is -2.11. The minimum atomic E-state index is 0.825. The van der Waals surface area contributed by atoms with E-state index in [9.17, 15) is 0 Å². The Balaban J connectivity index is 1.75. The van der Waals surface area contributed by atoms with Crippen LogP contribution in [-0.2, 0) is 6.54 Å². The van der Waals surface area contributed by atoms with Gasteiger partial charge in [0.2, 0.25) is 0 Å². The van der Waals surface area contributed by atoms with E-state index in [1.807, 2.05) is 12.1 Å². The number of rotatable bonds is 6. The largest absolute Gasteiger partial charge is 0.497 e. The molecule has 16 heavy (non-hydrogen) atoms. The van der Waals surface area contributed by atoms with Crippen molar-refractivity contribution in [2.75, 3.05) is 13.7 Å². The van der Waals surface area contributed by atoms with Crippen LogP contribution in [0.4, 0.5) is 0 Å². The van der Waals surface area contributed by atoms with Crippen LogP contribution in [-0.4, -0.2) is 13.7 Å². The number of hydrogen-bond acceptors (Lipinski definition) is 2. The fraction of sp³-hybridized carbons (Fsp3) is 0.571. The number of nitrogens with one attached hydrogen (secondary N) is 1. The Morgan fingerprint density at radius 1 is 1.44 bits per heavy atom. The second kappa shape index (κ2) is 5.35. The smallest absolute Gasteiger partial charge is 0.119 e. The Morgan fingerprint density at radius 2 is 2.25 bits per heavy atom. The molecule has 1 fully saturated rings. The van der Waals surface area contributed by atoms with Crippen LogP contribution < -0.4 is 10.1 Å². The molecule has 0 aliphatic heterocycles. The monoisotopic (exact) mass is 219 g/mol. The Hall–Kier alpha value is -1.02. The van der Waals surface area contributed by atoms with Crippen LogP contribution in [0.2, 0.25) is 0 Å². The van der Waals surface area contributed by atoms with E-state index >= 15 is 0 Å². The molecule has 0 spiro atoms. The van der Waals surface area contributed by atoms with E-state index in [-0.39, 0.29) is 0 Å². The number of methoxy groups -OCH3 is 1. The van der Waals surface area contributed by atoms with E-state index < -0.39 is 0 Å². The van der Waals surface area contributed by atoms with E-state index in [4.69, 9.17) is 4.74 Å². The van der Waals surface area contributed by atoms with E-state index in [0.717, 1.165) is 30.7 Å². The maximum absolute atomic E-state index is 5.20. The van der Waals surface area contributed by atoms with Crippen molar-refractivity contribution in [1.82, 2.24) is 5.32 Å². The molecule has 1 saturated carbocycles. The van der Waals surface area contributed by atoms with Crippen LogP contribution in [0, 0.1) is 11.8 Å². The number of hydrogen-bond donors (Lipinski definition) is 1. The van der Waals surface area contributed by atoms with Crippen molar-refractivity contribution in [3.05, 3.63) is 29.8 Å². The first-order valence-electron chi connectivity index (χ1n) is 6.13. The van der Waals surface area contributed by atoms with E-state index in [0.29, 0.717) is 0 Å². The Morgan fingerprint density at radius 3 is 2.94 bits per heavy atom. The lowest BCUT2D eigenvalue weighted by atomic mass is 10.1. The van der Waals surface area contributed by atoms with Crippen LogP contribution in [0.3, 0.4) is 0 Å². The zero-order valence-electron chi connectivity index (χ0n) is 10.2. The summed E-state index contributed by atoms with van der Waals surface area (Å²) >= 11 is 0. The SMILES string of the molecule is COc1cccc(CNCC(C)C2CC2)c1. The lowest BCUT2D eigenvalue weighted by molar-refractivity contribution is 0.413. The maximum atomic E-state index is 5.20. The van der Waals surface area contributed by atoms with Gasteiger partial charge in [-0.15, -0.1) is 0 Å². The first-order chi connectivity index (χ1) is 7.79. The molecule has 0 heterocycles. The number of benzene rings is 1. The van der Waals surface area contributed by atoms with Gasteiger partial charge in [-0.3, -0.25) is 0 Å². The highest BCUT2D eigenvalue weighted by molar-refractivity contribution is 5.28. The van der Waals surface area contributed by atoms with Crippen molar-refractivity contribution in [1.29, 1.82) is 0 Å². The molecule has 1 aliphatic rings. The summed E-state index contributed by atoms with van der Waals surface area (Å²) in [6.45, 7) is 4.41. The number of ether oxygens (including phenoxy) is 1. The minimum Gasteiger partial charge on any atom is -0.497 e. The molecule has 88 valence electrons. The van der Waals surface area contributed by atoms with Crippen molar-refractivity contribution in [3.8, 4) is 5.75 Å². The Bertz CT molecular complexity index is 333. The fourth-order valence-electron chi connectivity index (χ4n) is 2.06. The summed E-state index contributed by atoms with van der Waals surface area (Å²) in [7, 11) is 1.71. The molecule has 0 aromatic heterocycles. The quantitative estimate of drug-likeness (QED) is 0.794. The van der Waals surface area contributed by atoms with Gasteiger partial charge in [-0.2, -0.15) is 0 Å². The van der Waals surface area contributed by atoms with Crippen molar-refractivity contribution in [3.63, 3.8) is 0 Å². The molecule has 1 unspecified atom stereocenters. The van der Waals surface area contributed by atoms with Gasteiger partial charge >= 0.3 is 0 Å². The summed E-state index contributed by atoms with van der Waals surface area (Å²) in [5.41, 5.74) is 1.29. The second-order valence-electron chi connectivity index (χ2n) is 4.80. The van der Waals surface area contributed by atoms with Crippen LogP contribution in [0.25, 0.3) is 0 Å². The maximum Gasteiger partial charge on any atom is 0.119 e. The van der Waals surface area contributed by atoms with Crippen molar-refractivity contribution < 1.29 is 4.74 Å². The van der Waals surface area contributed by atoms with E-state index in [2.05, 4.69) is 24.4 Å². The standard InChI is InChI=1S/C14H21NO/c1-11(13-6-7-13)9-15-10-12-4-3-5-14(8-12)16-2/h3-5,8,11,13,15H,6-7,9-10H2,1-2H3. The lowest BCUT2D eigenvalue weighted by Crippen LogP contribution is -2.21. The molecule has 1 aromatic rings. The third-order valence-corrected chi connectivity index (χ3v) is 3.36. The second-order valence-corrected chi connectivity index (χ2v) is 4.80. The van der Waals surface area contributed by atoms with Gasteiger partial charge in [-0.1, -0.05) is 19.1 Å². The summed E-state index contributed by atoms with van der Waals surface area (Å²) in [6.07, 6.45) is 2.87. The fourth-order valence-corrected chi connectivity index (χ4v) is 2.06. The summed E-state index contributed by atoms with van der Waals surface area (Å²) in [5.74, 6) is 2.75. The molecular weight excluding hydrogens is 198 g/mol. The van der Waals surface area contributed by atoms with Gasteiger partial charge < -0.3 is 10.1 Å². The predicted molar refractivity (Wildman–Crippen MR) is 66.6 cm³/mol. The molecule has 2 nitrogen and oxygen atoms in total. The molecule has 2 rings (SSSR count). The third-order valence-electron chi connectivity index (χ3n) is 3.36. The first-order valence-corrected chi connectivity index (χ1v) is 6.13. The molecule has 0 bridgehead atoms. The molecule has 0 amide bonds. The van der Waals surface area contributed by atoms with Crippen LogP contribution in [0.1, 0.15) is 25.3 Å². The average molecular weight is 219 g/mol. The molecule has 1 aromatic carbocycles. The molecule has 0 radical (unpaired) electrons. The molecule has 1 aliphatic carbocycles. The topological polar surface area (TPSA) is 21.3 Å². The molecular formula is C14H21NO. The van der Waals surface area contributed by atoms with Crippen LogP contribution in [0.5, 0.6) is 5.75 Å².